The van der Waals surface area contributed by atoms with Crippen LogP contribution in [0.5, 0.6) is 0 Å². The molecule has 0 amide bonds. The molecular weight excluding hydrogens is 243 g/mol. The van der Waals surface area contributed by atoms with Crippen molar-refractivity contribution in [3.8, 4) is 0 Å². The zero-order chi connectivity index (χ0) is 13.2. The Morgan fingerprint density at radius 3 is 2.84 bits per heavy atom. The summed E-state index contributed by atoms with van der Waals surface area (Å²) >= 11 is 0. The number of aromatic nitrogens is 1. The molecule has 2 unspecified atom stereocenters. The van der Waals surface area contributed by atoms with Gasteiger partial charge in [-0.25, -0.2) is 9.37 Å². The van der Waals surface area contributed by atoms with Crippen LogP contribution in [0.2, 0.25) is 0 Å². The third-order valence-corrected chi connectivity index (χ3v) is 4.71. The van der Waals surface area contributed by atoms with Crippen LogP contribution < -0.4 is 4.90 Å². The second kappa shape index (κ2) is 5.45. The second-order valence-corrected chi connectivity index (χ2v) is 5.81. The number of halogens is 1. The topological polar surface area (TPSA) is 36.4 Å². The van der Waals surface area contributed by atoms with Crippen LogP contribution >= 0.6 is 0 Å². The Kier molecular flexibility index (Phi) is 3.69. The van der Waals surface area contributed by atoms with E-state index in [1.54, 1.807) is 12.3 Å². The number of hydrogen-bond donors (Lipinski definition) is 1. The number of anilines is 1. The number of rotatable bonds is 2. The summed E-state index contributed by atoms with van der Waals surface area (Å²) in [6, 6.07) is 1.55. The number of pyridine rings is 1. The van der Waals surface area contributed by atoms with Crippen LogP contribution in [0.15, 0.2) is 12.3 Å². The molecule has 0 aromatic carbocycles. The van der Waals surface area contributed by atoms with E-state index in [1.165, 1.54) is 25.7 Å². The van der Waals surface area contributed by atoms with Gasteiger partial charge in [0.05, 0.1) is 6.61 Å². The van der Waals surface area contributed by atoms with Crippen molar-refractivity contribution in [2.75, 3.05) is 18.0 Å². The van der Waals surface area contributed by atoms with Crippen LogP contribution in [0.25, 0.3) is 0 Å². The number of aliphatic hydroxyl groups excluding tert-OH is 1. The zero-order valence-corrected chi connectivity index (χ0v) is 11.2. The fourth-order valence-corrected chi connectivity index (χ4v) is 3.61. The van der Waals surface area contributed by atoms with Crippen LogP contribution in [0.4, 0.5) is 10.2 Å². The van der Waals surface area contributed by atoms with Crippen LogP contribution in [-0.2, 0) is 6.61 Å². The highest BCUT2D eigenvalue weighted by Crippen LogP contribution is 2.37. The first kappa shape index (κ1) is 12.9. The highest BCUT2D eigenvalue weighted by Gasteiger charge is 2.32. The van der Waals surface area contributed by atoms with Crippen molar-refractivity contribution in [1.29, 1.82) is 0 Å². The molecule has 3 rings (SSSR count). The zero-order valence-electron chi connectivity index (χ0n) is 11.2. The van der Waals surface area contributed by atoms with E-state index in [1.807, 2.05) is 0 Å². The molecular formula is C15H21FN2O. The molecule has 0 radical (unpaired) electrons. The molecule has 1 aliphatic carbocycles. The third-order valence-electron chi connectivity index (χ3n) is 4.71. The lowest BCUT2D eigenvalue weighted by molar-refractivity contribution is 0.201. The number of hydrogen-bond acceptors (Lipinski definition) is 3. The molecule has 19 heavy (non-hydrogen) atoms. The smallest absolute Gasteiger partial charge is 0.171 e. The lowest BCUT2D eigenvalue weighted by atomic mass is 9.75. The molecule has 0 bridgehead atoms. The van der Waals surface area contributed by atoms with Crippen molar-refractivity contribution in [3.63, 3.8) is 0 Å². The van der Waals surface area contributed by atoms with Gasteiger partial charge >= 0.3 is 0 Å². The first-order chi connectivity index (χ1) is 9.29. The summed E-state index contributed by atoms with van der Waals surface area (Å²) in [5.74, 6) is 1.60. The van der Waals surface area contributed by atoms with E-state index in [-0.39, 0.29) is 12.4 Å². The van der Waals surface area contributed by atoms with Crippen molar-refractivity contribution >= 4 is 5.82 Å². The van der Waals surface area contributed by atoms with E-state index < -0.39 is 0 Å². The van der Waals surface area contributed by atoms with Crippen LogP contribution in [0, 0.1) is 17.7 Å². The Morgan fingerprint density at radius 1 is 1.26 bits per heavy atom. The van der Waals surface area contributed by atoms with Gasteiger partial charge in [0.25, 0.3) is 0 Å². The number of piperidine rings is 1. The fourth-order valence-electron chi connectivity index (χ4n) is 3.61. The van der Waals surface area contributed by atoms with Crippen molar-refractivity contribution < 1.29 is 9.50 Å². The molecule has 1 N–H and O–H groups in total. The minimum atomic E-state index is -0.348. The Morgan fingerprint density at radius 2 is 2.05 bits per heavy atom. The number of fused-ring (bicyclic) bond motifs is 1. The van der Waals surface area contributed by atoms with Gasteiger partial charge in [-0.3, -0.25) is 0 Å². The Bertz CT molecular complexity index is 452. The lowest BCUT2D eigenvalue weighted by Crippen LogP contribution is -2.42. The molecule has 2 aliphatic rings. The normalized spacial score (nSPS) is 27.2. The van der Waals surface area contributed by atoms with Gasteiger partial charge < -0.3 is 10.0 Å². The first-order valence-electron chi connectivity index (χ1n) is 7.28. The van der Waals surface area contributed by atoms with Crippen molar-refractivity contribution in [1.82, 2.24) is 4.98 Å². The van der Waals surface area contributed by atoms with Gasteiger partial charge in [-0.05, 0) is 30.7 Å². The highest BCUT2D eigenvalue weighted by atomic mass is 19.1. The molecule has 1 aromatic rings. The minimum Gasteiger partial charge on any atom is -0.392 e. The monoisotopic (exact) mass is 264 g/mol. The van der Waals surface area contributed by atoms with Gasteiger partial charge in [0.1, 0.15) is 0 Å². The molecule has 2 fully saturated rings. The van der Waals surface area contributed by atoms with E-state index >= 15 is 0 Å². The summed E-state index contributed by atoms with van der Waals surface area (Å²) in [6.07, 6.45) is 8.01. The fraction of sp³-hybridized carbons (Fsp3) is 0.667. The third kappa shape index (κ3) is 2.46. The highest BCUT2D eigenvalue weighted by molar-refractivity contribution is 5.43. The molecule has 1 saturated heterocycles. The Balaban J connectivity index is 1.79. The molecule has 1 saturated carbocycles. The summed E-state index contributed by atoms with van der Waals surface area (Å²) in [6.45, 7) is 1.55. The predicted molar refractivity (Wildman–Crippen MR) is 72.4 cm³/mol. The van der Waals surface area contributed by atoms with Gasteiger partial charge in [-0.2, -0.15) is 0 Å². The van der Waals surface area contributed by atoms with Gasteiger partial charge in [0, 0.05) is 24.8 Å². The molecule has 4 heteroatoms. The lowest BCUT2D eigenvalue weighted by Gasteiger charge is -2.41. The van der Waals surface area contributed by atoms with Crippen LogP contribution in [0.3, 0.4) is 0 Å². The summed E-state index contributed by atoms with van der Waals surface area (Å²) < 4.78 is 14.2. The average molecular weight is 264 g/mol. The first-order valence-corrected chi connectivity index (χ1v) is 7.28. The Labute approximate surface area is 113 Å². The van der Waals surface area contributed by atoms with Crippen molar-refractivity contribution in [2.45, 2.75) is 38.7 Å². The standard InChI is InChI=1S/C15H21FN2O/c16-14-13(10-19)5-7-17-15(14)18-8-6-11-3-1-2-4-12(11)9-18/h5,7,11-12,19H,1-4,6,8-10H2. The molecule has 1 aliphatic heterocycles. The van der Waals surface area contributed by atoms with E-state index in [4.69, 9.17) is 5.11 Å². The molecule has 2 atom stereocenters. The molecule has 0 spiro atoms. The number of aliphatic hydroxyl groups is 1. The van der Waals surface area contributed by atoms with Crippen molar-refractivity contribution in [2.24, 2.45) is 11.8 Å². The average Bonchev–Trinajstić information content (AvgIpc) is 2.47. The maximum absolute atomic E-state index is 14.2. The number of nitrogens with zero attached hydrogens (tertiary/aromatic N) is 2. The summed E-state index contributed by atoms with van der Waals surface area (Å²) in [4.78, 5) is 6.26. The summed E-state index contributed by atoms with van der Waals surface area (Å²) in [5.41, 5.74) is 0.343. The predicted octanol–water partition coefficient (Wildman–Crippen LogP) is 2.73. The molecule has 2 heterocycles. The molecule has 3 nitrogen and oxygen atoms in total. The molecule has 1 aromatic heterocycles. The summed E-state index contributed by atoms with van der Waals surface area (Å²) in [7, 11) is 0. The minimum absolute atomic E-state index is 0.263. The van der Waals surface area contributed by atoms with Gasteiger partial charge in [-0.1, -0.05) is 19.3 Å². The van der Waals surface area contributed by atoms with E-state index in [0.717, 1.165) is 25.4 Å². The molecule has 104 valence electrons. The second-order valence-electron chi connectivity index (χ2n) is 5.81. The maximum Gasteiger partial charge on any atom is 0.171 e. The van der Waals surface area contributed by atoms with Crippen LogP contribution in [-0.4, -0.2) is 23.2 Å². The van der Waals surface area contributed by atoms with Crippen LogP contribution in [0.1, 0.15) is 37.7 Å². The Hall–Kier alpha value is -1.16. The van der Waals surface area contributed by atoms with E-state index in [2.05, 4.69) is 9.88 Å². The van der Waals surface area contributed by atoms with E-state index in [9.17, 15) is 4.39 Å². The van der Waals surface area contributed by atoms with Gasteiger partial charge in [0.2, 0.25) is 0 Å². The SMILES string of the molecule is OCc1ccnc(N2CCC3CCCCC3C2)c1F. The largest absolute Gasteiger partial charge is 0.392 e. The van der Waals surface area contributed by atoms with Gasteiger partial charge in [-0.15, -0.1) is 0 Å². The quantitative estimate of drug-likeness (QED) is 0.892. The van der Waals surface area contributed by atoms with E-state index in [0.29, 0.717) is 17.3 Å². The van der Waals surface area contributed by atoms with Gasteiger partial charge in [0.15, 0.2) is 11.6 Å². The summed E-state index contributed by atoms with van der Waals surface area (Å²) in [5, 5.41) is 9.14. The maximum atomic E-state index is 14.2. The van der Waals surface area contributed by atoms with Crippen molar-refractivity contribution in [3.05, 3.63) is 23.6 Å².